The number of aromatic nitrogens is 2. The van der Waals surface area contributed by atoms with E-state index in [2.05, 4.69) is 10.3 Å². The predicted molar refractivity (Wildman–Crippen MR) is 126 cm³/mol. The van der Waals surface area contributed by atoms with Gasteiger partial charge in [0.15, 0.2) is 5.16 Å². The maximum absolute atomic E-state index is 13.0. The van der Waals surface area contributed by atoms with Gasteiger partial charge in [-0.2, -0.15) is 0 Å². The Labute approximate surface area is 187 Å². The summed E-state index contributed by atoms with van der Waals surface area (Å²) < 4.78 is 1.53. The zero-order chi connectivity index (χ0) is 22.8. The monoisotopic (exact) mass is 448 g/mol. The van der Waals surface area contributed by atoms with E-state index in [1.54, 1.807) is 13.0 Å². The molecule has 4 rings (SSSR count). The minimum Gasteiger partial charge on any atom is -0.320 e. The Morgan fingerprint density at radius 3 is 2.56 bits per heavy atom. The fourth-order valence-corrected chi connectivity index (χ4v) is 4.35. The molecule has 3 aromatic carbocycles. The number of hydrogen-bond acceptors (Lipinski definition) is 6. The zero-order valence-electron chi connectivity index (χ0n) is 17.5. The molecule has 8 nitrogen and oxygen atoms in total. The van der Waals surface area contributed by atoms with Gasteiger partial charge in [0.25, 0.3) is 11.2 Å². The average Bonchev–Trinajstić information content (AvgIpc) is 2.77. The Bertz CT molecular complexity index is 1430. The molecule has 4 aromatic rings. The van der Waals surface area contributed by atoms with E-state index in [9.17, 15) is 19.7 Å². The summed E-state index contributed by atoms with van der Waals surface area (Å²) in [5, 5.41) is 16.7. The summed E-state index contributed by atoms with van der Waals surface area (Å²) in [6.07, 6.45) is 0. The molecule has 0 atom stereocenters. The molecule has 0 aliphatic rings. The lowest BCUT2D eigenvalue weighted by molar-refractivity contribution is -0.384. The number of rotatable bonds is 6. The van der Waals surface area contributed by atoms with E-state index in [0.29, 0.717) is 22.6 Å². The van der Waals surface area contributed by atoms with Gasteiger partial charge in [0.05, 0.1) is 21.6 Å². The van der Waals surface area contributed by atoms with Crippen molar-refractivity contribution < 1.29 is 9.72 Å². The third kappa shape index (κ3) is 4.19. The number of nitrogens with one attached hydrogen (secondary N) is 1. The van der Waals surface area contributed by atoms with Crippen LogP contribution < -0.4 is 10.9 Å². The number of thioether (sulfide) groups is 1. The summed E-state index contributed by atoms with van der Waals surface area (Å²) in [5.74, 6) is -0.464. The van der Waals surface area contributed by atoms with E-state index < -0.39 is 10.8 Å². The first-order valence-corrected chi connectivity index (χ1v) is 11.0. The maximum atomic E-state index is 13.0. The van der Waals surface area contributed by atoms with Crippen LogP contribution in [0.4, 0.5) is 11.4 Å². The molecular weight excluding hydrogens is 428 g/mol. The van der Waals surface area contributed by atoms with Gasteiger partial charge < -0.3 is 5.32 Å². The molecule has 9 heteroatoms. The molecule has 1 aromatic heterocycles. The molecule has 162 valence electrons. The zero-order valence-corrected chi connectivity index (χ0v) is 18.3. The molecular formula is C23H20N4O4S. The van der Waals surface area contributed by atoms with E-state index in [4.69, 9.17) is 0 Å². The van der Waals surface area contributed by atoms with Crippen molar-refractivity contribution in [2.75, 3.05) is 11.1 Å². The van der Waals surface area contributed by atoms with Gasteiger partial charge >= 0.3 is 0 Å². The van der Waals surface area contributed by atoms with Gasteiger partial charge in [0.1, 0.15) is 5.69 Å². The molecule has 0 fully saturated rings. The third-order valence-corrected chi connectivity index (χ3v) is 6.04. The standard InChI is InChI=1S/C23H20N4O4S/c1-3-26-22(29)17-11-15-6-4-5-7-16(15)12-19(17)25-23(26)32-13-21(28)24-18-9-8-14(2)10-20(18)27(30)31/h4-12H,3,13H2,1-2H3,(H,24,28). The van der Waals surface area contributed by atoms with Crippen molar-refractivity contribution in [3.05, 3.63) is 80.6 Å². The van der Waals surface area contributed by atoms with E-state index in [0.717, 1.165) is 28.1 Å². The molecule has 0 unspecified atom stereocenters. The first kappa shape index (κ1) is 21.5. The lowest BCUT2D eigenvalue weighted by atomic mass is 10.1. The number of fused-ring (bicyclic) bond motifs is 2. The number of carbonyl (C=O) groups excluding carboxylic acids is 1. The summed E-state index contributed by atoms with van der Waals surface area (Å²) in [6.45, 7) is 3.99. The minimum absolute atomic E-state index is 0.0451. The largest absolute Gasteiger partial charge is 0.320 e. The number of carbonyl (C=O) groups is 1. The van der Waals surface area contributed by atoms with E-state index >= 15 is 0 Å². The Hall–Kier alpha value is -3.72. The van der Waals surface area contributed by atoms with Crippen LogP contribution in [0.2, 0.25) is 0 Å². The van der Waals surface area contributed by atoms with E-state index in [1.807, 2.05) is 43.3 Å². The summed E-state index contributed by atoms with van der Waals surface area (Å²) >= 11 is 1.12. The van der Waals surface area contributed by atoms with Gasteiger partial charge in [-0.3, -0.25) is 24.3 Å². The van der Waals surface area contributed by atoms with Gasteiger partial charge in [-0.25, -0.2) is 4.98 Å². The Morgan fingerprint density at radius 2 is 1.88 bits per heavy atom. The highest BCUT2D eigenvalue weighted by Crippen LogP contribution is 2.26. The van der Waals surface area contributed by atoms with Crippen LogP contribution >= 0.6 is 11.8 Å². The quantitative estimate of drug-likeness (QED) is 0.153. The molecule has 0 radical (unpaired) electrons. The van der Waals surface area contributed by atoms with Gasteiger partial charge in [-0.1, -0.05) is 42.1 Å². The second-order valence-electron chi connectivity index (χ2n) is 7.27. The number of nitrogens with zero attached hydrogens (tertiary/aromatic N) is 3. The van der Waals surface area contributed by atoms with Gasteiger partial charge in [-0.15, -0.1) is 0 Å². The molecule has 0 aliphatic carbocycles. The van der Waals surface area contributed by atoms with Crippen LogP contribution in [-0.4, -0.2) is 26.1 Å². The number of nitro groups is 1. The van der Waals surface area contributed by atoms with Gasteiger partial charge in [0.2, 0.25) is 5.91 Å². The molecule has 0 saturated carbocycles. The smallest absolute Gasteiger partial charge is 0.293 e. The second kappa shape index (κ2) is 8.80. The van der Waals surface area contributed by atoms with E-state index in [-0.39, 0.29) is 22.7 Å². The van der Waals surface area contributed by atoms with Crippen LogP contribution in [0.25, 0.3) is 21.7 Å². The number of benzene rings is 3. The Morgan fingerprint density at radius 1 is 1.16 bits per heavy atom. The van der Waals surface area contributed by atoms with Crippen LogP contribution in [0, 0.1) is 17.0 Å². The van der Waals surface area contributed by atoms with Crippen molar-refractivity contribution in [3.63, 3.8) is 0 Å². The fourth-order valence-electron chi connectivity index (χ4n) is 3.49. The van der Waals surface area contributed by atoms with Crippen molar-refractivity contribution in [2.45, 2.75) is 25.5 Å². The minimum atomic E-state index is -0.528. The maximum Gasteiger partial charge on any atom is 0.293 e. The average molecular weight is 449 g/mol. The Kier molecular flexibility index (Phi) is 5.91. The molecule has 0 aliphatic heterocycles. The van der Waals surface area contributed by atoms with Gasteiger partial charge in [0, 0.05) is 12.6 Å². The van der Waals surface area contributed by atoms with Crippen LogP contribution in [0.5, 0.6) is 0 Å². The lowest BCUT2D eigenvalue weighted by Crippen LogP contribution is -2.23. The third-order valence-electron chi connectivity index (χ3n) is 5.06. The van der Waals surface area contributed by atoms with Crippen molar-refractivity contribution in [1.82, 2.24) is 9.55 Å². The highest BCUT2D eigenvalue weighted by molar-refractivity contribution is 7.99. The SMILES string of the molecule is CCn1c(SCC(=O)Nc2ccc(C)cc2[N+](=O)[O-])nc2cc3ccccc3cc2c1=O. The molecule has 1 N–H and O–H groups in total. The number of anilines is 1. The highest BCUT2D eigenvalue weighted by Gasteiger charge is 2.17. The van der Waals surface area contributed by atoms with Crippen molar-refractivity contribution in [2.24, 2.45) is 0 Å². The number of nitro benzene ring substituents is 1. The summed E-state index contributed by atoms with van der Waals surface area (Å²) in [4.78, 5) is 40.9. The summed E-state index contributed by atoms with van der Waals surface area (Å²) in [5.41, 5.74) is 1.10. The highest BCUT2D eigenvalue weighted by atomic mass is 32.2. The molecule has 1 amide bonds. The number of amides is 1. The Balaban J connectivity index is 1.61. The second-order valence-corrected chi connectivity index (χ2v) is 8.22. The first-order valence-electron chi connectivity index (χ1n) is 9.98. The van der Waals surface area contributed by atoms with Crippen LogP contribution in [0.3, 0.4) is 0 Å². The molecule has 0 bridgehead atoms. The van der Waals surface area contributed by atoms with Crippen molar-refractivity contribution in [1.29, 1.82) is 0 Å². The molecule has 0 saturated heterocycles. The summed E-state index contributed by atoms with van der Waals surface area (Å²) in [7, 11) is 0. The first-order chi connectivity index (χ1) is 15.4. The summed E-state index contributed by atoms with van der Waals surface area (Å²) in [6, 6.07) is 16.1. The molecule has 32 heavy (non-hydrogen) atoms. The van der Waals surface area contributed by atoms with Crippen LogP contribution in [0.15, 0.2) is 64.5 Å². The fraction of sp³-hybridized carbons (Fsp3) is 0.174. The van der Waals surface area contributed by atoms with Gasteiger partial charge in [-0.05, 0) is 48.4 Å². The van der Waals surface area contributed by atoms with Crippen molar-refractivity contribution >= 4 is 50.7 Å². The number of hydrogen-bond donors (Lipinski definition) is 1. The van der Waals surface area contributed by atoms with Crippen LogP contribution in [-0.2, 0) is 11.3 Å². The van der Waals surface area contributed by atoms with E-state index in [1.165, 1.54) is 16.7 Å². The van der Waals surface area contributed by atoms with Crippen molar-refractivity contribution in [3.8, 4) is 0 Å². The molecule has 0 spiro atoms. The topological polar surface area (TPSA) is 107 Å². The van der Waals surface area contributed by atoms with Crippen LogP contribution in [0.1, 0.15) is 12.5 Å². The lowest BCUT2D eigenvalue weighted by Gasteiger charge is -2.12. The number of aryl methyl sites for hydroxylation is 1. The predicted octanol–water partition coefficient (Wildman–Crippen LogP) is 4.52. The molecule has 1 heterocycles. The normalized spacial score (nSPS) is 11.1.